The normalized spacial score (nSPS) is 14.8. The minimum atomic E-state index is -1.06. The zero-order chi connectivity index (χ0) is 18.0. The number of fused-ring (bicyclic) bond motifs is 1. The lowest BCUT2D eigenvalue weighted by Gasteiger charge is -2.18. The molecule has 1 aliphatic rings. The van der Waals surface area contributed by atoms with Crippen molar-refractivity contribution in [2.45, 2.75) is 25.3 Å². The molecule has 0 aromatic heterocycles. The van der Waals surface area contributed by atoms with Crippen molar-refractivity contribution < 1.29 is 24.2 Å². The maximum atomic E-state index is 12.0. The number of carboxylic acid groups (broad SMARTS) is 1. The largest absolute Gasteiger partial charge is 0.497 e. The van der Waals surface area contributed by atoms with Gasteiger partial charge in [-0.05, 0) is 41.8 Å². The number of carbonyl (C=O) groups excluding carboxylic acids is 1. The maximum absolute atomic E-state index is 12.0. The van der Waals surface area contributed by atoms with Gasteiger partial charge in [0.25, 0.3) is 0 Å². The van der Waals surface area contributed by atoms with Crippen molar-refractivity contribution in [1.82, 2.24) is 5.32 Å². The molecule has 1 amide bonds. The Labute approximate surface area is 145 Å². The van der Waals surface area contributed by atoms with Gasteiger partial charge in [0.05, 0.1) is 14.2 Å². The van der Waals surface area contributed by atoms with Crippen LogP contribution in [0.15, 0.2) is 30.3 Å². The Hall–Kier alpha value is -2.76. The van der Waals surface area contributed by atoms with Crippen LogP contribution in [0.25, 0.3) is 10.8 Å². The number of amides is 1. The highest BCUT2D eigenvalue weighted by atomic mass is 16.5. The summed E-state index contributed by atoms with van der Waals surface area (Å²) < 4.78 is 10.7. The van der Waals surface area contributed by atoms with Crippen molar-refractivity contribution in [2.75, 3.05) is 14.2 Å². The molecule has 3 rings (SSSR count). The Balaban J connectivity index is 1.98. The molecule has 2 aromatic carbocycles. The van der Waals surface area contributed by atoms with E-state index < -0.39 is 12.0 Å². The Morgan fingerprint density at radius 2 is 1.92 bits per heavy atom. The molecule has 1 unspecified atom stereocenters. The van der Waals surface area contributed by atoms with Crippen LogP contribution in [-0.2, 0) is 16.0 Å². The van der Waals surface area contributed by atoms with Crippen molar-refractivity contribution in [3.63, 3.8) is 0 Å². The summed E-state index contributed by atoms with van der Waals surface area (Å²) in [7, 11) is 3.13. The van der Waals surface area contributed by atoms with Gasteiger partial charge in [-0.15, -0.1) is 0 Å². The van der Waals surface area contributed by atoms with Crippen molar-refractivity contribution in [2.24, 2.45) is 5.92 Å². The standard InChI is InChI=1S/C19H21NO5/c1-24-13-7-5-11-6-8-17(25-2)15(14(11)9-13)10-16(19(22)23)20-18(21)12-3-4-12/h5-9,12,16H,3-4,10H2,1-2H3,(H,20,21)(H,22,23). The lowest BCUT2D eigenvalue weighted by molar-refractivity contribution is -0.142. The van der Waals surface area contributed by atoms with Gasteiger partial charge in [-0.3, -0.25) is 4.79 Å². The van der Waals surface area contributed by atoms with E-state index in [0.29, 0.717) is 11.5 Å². The van der Waals surface area contributed by atoms with Crippen LogP contribution < -0.4 is 14.8 Å². The minimum Gasteiger partial charge on any atom is -0.497 e. The van der Waals surface area contributed by atoms with E-state index in [1.807, 2.05) is 30.3 Å². The van der Waals surface area contributed by atoms with Crippen molar-refractivity contribution >= 4 is 22.6 Å². The molecule has 1 atom stereocenters. The predicted octanol–water partition coefficient (Wildman–Crippen LogP) is 2.38. The molecule has 0 bridgehead atoms. The topological polar surface area (TPSA) is 84.9 Å². The summed E-state index contributed by atoms with van der Waals surface area (Å²) >= 11 is 0. The molecule has 0 radical (unpaired) electrons. The van der Waals surface area contributed by atoms with Crippen LogP contribution in [0.1, 0.15) is 18.4 Å². The third kappa shape index (κ3) is 3.68. The number of ether oxygens (including phenoxy) is 2. The number of hydrogen-bond acceptors (Lipinski definition) is 4. The van der Waals surface area contributed by atoms with Gasteiger partial charge in [0, 0.05) is 17.9 Å². The van der Waals surface area contributed by atoms with Gasteiger partial charge in [-0.1, -0.05) is 12.1 Å². The van der Waals surface area contributed by atoms with Crippen molar-refractivity contribution in [3.05, 3.63) is 35.9 Å². The summed E-state index contributed by atoms with van der Waals surface area (Å²) in [5.74, 6) is -0.0277. The van der Waals surface area contributed by atoms with E-state index in [2.05, 4.69) is 5.32 Å². The van der Waals surface area contributed by atoms with Crippen LogP contribution in [0.5, 0.6) is 11.5 Å². The van der Waals surface area contributed by atoms with Gasteiger partial charge in [-0.2, -0.15) is 0 Å². The second kappa shape index (κ2) is 7.01. The molecule has 1 fully saturated rings. The Morgan fingerprint density at radius 3 is 2.52 bits per heavy atom. The first kappa shape index (κ1) is 17.1. The van der Waals surface area contributed by atoms with Gasteiger partial charge in [0.2, 0.25) is 5.91 Å². The summed E-state index contributed by atoms with van der Waals surface area (Å²) in [6.07, 6.45) is 1.79. The van der Waals surface area contributed by atoms with E-state index in [-0.39, 0.29) is 18.2 Å². The molecule has 132 valence electrons. The SMILES string of the molecule is COc1ccc2ccc(OC)c(CC(NC(=O)C3CC3)C(=O)O)c2c1. The molecule has 6 heteroatoms. The van der Waals surface area contributed by atoms with Crippen molar-refractivity contribution in [1.29, 1.82) is 0 Å². The number of carbonyl (C=O) groups is 2. The molecule has 0 heterocycles. The van der Waals surface area contributed by atoms with Gasteiger partial charge in [0.15, 0.2) is 0 Å². The van der Waals surface area contributed by atoms with Gasteiger partial charge in [-0.25, -0.2) is 4.79 Å². The number of carboxylic acids is 1. The summed E-state index contributed by atoms with van der Waals surface area (Å²) in [4.78, 5) is 23.7. The maximum Gasteiger partial charge on any atom is 0.326 e. The van der Waals surface area contributed by atoms with Crippen LogP contribution >= 0.6 is 0 Å². The lowest BCUT2D eigenvalue weighted by Crippen LogP contribution is -2.43. The van der Waals surface area contributed by atoms with Crippen molar-refractivity contribution in [3.8, 4) is 11.5 Å². The second-order valence-electron chi connectivity index (χ2n) is 6.21. The van der Waals surface area contributed by atoms with E-state index in [9.17, 15) is 14.7 Å². The number of benzene rings is 2. The molecule has 1 saturated carbocycles. The zero-order valence-corrected chi connectivity index (χ0v) is 14.2. The van der Waals surface area contributed by atoms with Gasteiger partial charge < -0.3 is 19.9 Å². The highest BCUT2D eigenvalue weighted by Crippen LogP contribution is 2.32. The van der Waals surface area contributed by atoms with E-state index >= 15 is 0 Å². The Kier molecular flexibility index (Phi) is 4.79. The first-order chi connectivity index (χ1) is 12.0. The number of hydrogen-bond donors (Lipinski definition) is 2. The van der Waals surface area contributed by atoms with E-state index in [1.165, 1.54) is 0 Å². The van der Waals surface area contributed by atoms with Crippen LogP contribution in [0.4, 0.5) is 0 Å². The monoisotopic (exact) mass is 343 g/mol. The molecule has 0 spiro atoms. The fourth-order valence-corrected chi connectivity index (χ4v) is 2.91. The smallest absolute Gasteiger partial charge is 0.326 e. The number of nitrogens with one attached hydrogen (secondary N) is 1. The molecule has 25 heavy (non-hydrogen) atoms. The van der Waals surface area contributed by atoms with Crippen LogP contribution in [0.3, 0.4) is 0 Å². The van der Waals surface area contributed by atoms with E-state index in [1.54, 1.807) is 14.2 Å². The molecule has 0 aliphatic heterocycles. The highest BCUT2D eigenvalue weighted by molar-refractivity contribution is 5.91. The van der Waals surface area contributed by atoms with Gasteiger partial charge in [0.1, 0.15) is 17.5 Å². The highest BCUT2D eigenvalue weighted by Gasteiger charge is 2.33. The molecule has 2 N–H and O–H groups in total. The number of rotatable bonds is 7. The van der Waals surface area contributed by atoms with Crippen LogP contribution in [0.2, 0.25) is 0 Å². The quantitative estimate of drug-likeness (QED) is 0.806. The summed E-state index contributed by atoms with van der Waals surface area (Å²) in [6.45, 7) is 0. The third-order valence-electron chi connectivity index (χ3n) is 4.49. The Bertz CT molecular complexity index is 808. The molecular weight excluding hydrogens is 322 g/mol. The van der Waals surface area contributed by atoms with Crippen LogP contribution in [0, 0.1) is 5.92 Å². The lowest BCUT2D eigenvalue weighted by atomic mass is 9.97. The minimum absolute atomic E-state index is 0.0450. The molecule has 1 aliphatic carbocycles. The summed E-state index contributed by atoms with van der Waals surface area (Å²) in [5, 5.41) is 14.0. The predicted molar refractivity (Wildman–Crippen MR) is 93.0 cm³/mol. The first-order valence-electron chi connectivity index (χ1n) is 8.20. The second-order valence-corrected chi connectivity index (χ2v) is 6.21. The average molecular weight is 343 g/mol. The fraction of sp³-hybridized carbons (Fsp3) is 0.368. The molecule has 0 saturated heterocycles. The molecule has 6 nitrogen and oxygen atoms in total. The third-order valence-corrected chi connectivity index (χ3v) is 4.49. The zero-order valence-electron chi connectivity index (χ0n) is 14.2. The summed E-state index contributed by atoms with van der Waals surface area (Å²) in [6, 6.07) is 8.34. The average Bonchev–Trinajstić information content (AvgIpc) is 3.45. The van der Waals surface area contributed by atoms with E-state index in [4.69, 9.17) is 9.47 Å². The number of aliphatic carboxylic acids is 1. The van der Waals surface area contributed by atoms with Gasteiger partial charge >= 0.3 is 5.97 Å². The summed E-state index contributed by atoms with van der Waals surface area (Å²) in [5.41, 5.74) is 0.738. The Morgan fingerprint density at radius 1 is 1.20 bits per heavy atom. The molecule has 2 aromatic rings. The van der Waals surface area contributed by atoms with Crippen LogP contribution in [-0.4, -0.2) is 37.2 Å². The first-order valence-corrected chi connectivity index (χ1v) is 8.20. The molecular formula is C19H21NO5. The van der Waals surface area contributed by atoms with E-state index in [0.717, 1.165) is 29.2 Å². The number of methoxy groups -OCH3 is 2. The fourth-order valence-electron chi connectivity index (χ4n) is 2.91.